The van der Waals surface area contributed by atoms with Gasteiger partial charge in [0.2, 0.25) is 5.91 Å². The van der Waals surface area contributed by atoms with E-state index in [1.807, 2.05) is 12.3 Å². The lowest BCUT2D eigenvalue weighted by Gasteiger charge is -2.25. The second-order valence-corrected chi connectivity index (χ2v) is 5.90. The highest BCUT2D eigenvalue weighted by Crippen LogP contribution is 2.23. The predicted molar refractivity (Wildman–Crippen MR) is 80.7 cm³/mol. The van der Waals surface area contributed by atoms with Gasteiger partial charge in [0.1, 0.15) is 0 Å². The number of carbonyl (C=O) groups is 1. The SMILES string of the molecule is CCc1ccsc1CNC(=O)C(C)(CC)C(N)=S. The standard InChI is InChI=1S/C13H20N2OS2/c1-4-9-6-7-18-10(9)8-15-12(16)13(3,5-2)11(14)17/h6-7H,4-5,8H2,1-3H3,(H2,14,17)(H,15,16). The number of hydrogen-bond acceptors (Lipinski definition) is 3. The van der Waals surface area contributed by atoms with Gasteiger partial charge < -0.3 is 11.1 Å². The molecule has 100 valence electrons. The van der Waals surface area contributed by atoms with Gasteiger partial charge in [-0.15, -0.1) is 11.3 Å². The highest BCUT2D eigenvalue weighted by atomic mass is 32.1. The van der Waals surface area contributed by atoms with E-state index >= 15 is 0 Å². The molecule has 1 heterocycles. The molecule has 1 atom stereocenters. The second kappa shape index (κ2) is 6.29. The van der Waals surface area contributed by atoms with Crippen molar-refractivity contribution >= 4 is 34.5 Å². The summed E-state index contributed by atoms with van der Waals surface area (Å²) in [4.78, 5) is 13.6. The zero-order valence-corrected chi connectivity index (χ0v) is 12.7. The van der Waals surface area contributed by atoms with Crippen molar-refractivity contribution in [2.45, 2.75) is 40.2 Å². The van der Waals surface area contributed by atoms with Crippen molar-refractivity contribution in [1.29, 1.82) is 0 Å². The lowest BCUT2D eigenvalue weighted by molar-refractivity contribution is -0.127. The van der Waals surface area contributed by atoms with Crippen molar-refractivity contribution in [3.63, 3.8) is 0 Å². The summed E-state index contributed by atoms with van der Waals surface area (Å²) in [5, 5.41) is 4.99. The summed E-state index contributed by atoms with van der Waals surface area (Å²) in [5.74, 6) is -0.0899. The van der Waals surface area contributed by atoms with E-state index in [9.17, 15) is 4.79 Å². The molecular formula is C13H20N2OS2. The van der Waals surface area contributed by atoms with Crippen LogP contribution in [0, 0.1) is 5.41 Å². The Morgan fingerprint density at radius 2 is 2.22 bits per heavy atom. The molecule has 1 rings (SSSR count). The maximum atomic E-state index is 12.2. The molecule has 0 bridgehead atoms. The Bertz CT molecular complexity index is 442. The topological polar surface area (TPSA) is 55.1 Å². The monoisotopic (exact) mass is 284 g/mol. The molecule has 18 heavy (non-hydrogen) atoms. The Balaban J connectivity index is 2.69. The molecule has 0 radical (unpaired) electrons. The third-order valence-electron chi connectivity index (χ3n) is 3.38. The van der Waals surface area contributed by atoms with Gasteiger partial charge in [-0.3, -0.25) is 4.79 Å². The molecule has 0 spiro atoms. The van der Waals surface area contributed by atoms with Crippen molar-refractivity contribution in [3.05, 3.63) is 21.9 Å². The van der Waals surface area contributed by atoms with Crippen molar-refractivity contribution in [3.8, 4) is 0 Å². The average Bonchev–Trinajstić information content (AvgIpc) is 2.81. The van der Waals surface area contributed by atoms with E-state index in [0.29, 0.717) is 13.0 Å². The molecule has 0 aliphatic rings. The van der Waals surface area contributed by atoms with Crippen LogP contribution >= 0.6 is 23.6 Å². The number of thiocarbonyl (C=S) groups is 1. The van der Waals surface area contributed by atoms with Crippen molar-refractivity contribution in [2.75, 3.05) is 0 Å². The molecule has 1 unspecified atom stereocenters. The fourth-order valence-electron chi connectivity index (χ4n) is 1.64. The first-order chi connectivity index (χ1) is 8.45. The van der Waals surface area contributed by atoms with Crippen molar-refractivity contribution in [1.82, 2.24) is 5.32 Å². The number of hydrogen-bond donors (Lipinski definition) is 2. The molecule has 1 aromatic rings. The van der Waals surface area contributed by atoms with E-state index in [4.69, 9.17) is 18.0 Å². The van der Waals surface area contributed by atoms with Crippen LogP contribution < -0.4 is 11.1 Å². The minimum Gasteiger partial charge on any atom is -0.392 e. The van der Waals surface area contributed by atoms with Gasteiger partial charge in [0.05, 0.1) is 16.9 Å². The minimum absolute atomic E-state index is 0.0899. The number of aryl methyl sites for hydroxylation is 1. The minimum atomic E-state index is -0.751. The van der Waals surface area contributed by atoms with Gasteiger partial charge in [-0.2, -0.15) is 0 Å². The Morgan fingerprint density at radius 3 is 2.72 bits per heavy atom. The van der Waals surface area contributed by atoms with E-state index < -0.39 is 5.41 Å². The fourth-order valence-corrected chi connectivity index (χ4v) is 2.79. The largest absolute Gasteiger partial charge is 0.392 e. The Hall–Kier alpha value is -0.940. The first kappa shape index (κ1) is 15.1. The Kier molecular flexibility index (Phi) is 5.28. The second-order valence-electron chi connectivity index (χ2n) is 4.46. The number of rotatable bonds is 6. The van der Waals surface area contributed by atoms with Crippen LogP contribution in [0.5, 0.6) is 0 Å². The van der Waals surface area contributed by atoms with Gasteiger partial charge in [-0.25, -0.2) is 0 Å². The van der Waals surface area contributed by atoms with Gasteiger partial charge in [-0.1, -0.05) is 26.1 Å². The van der Waals surface area contributed by atoms with Gasteiger partial charge in [0.25, 0.3) is 0 Å². The van der Waals surface area contributed by atoms with Crippen molar-refractivity contribution in [2.24, 2.45) is 11.1 Å². The van der Waals surface area contributed by atoms with E-state index in [2.05, 4.69) is 18.3 Å². The lowest BCUT2D eigenvalue weighted by atomic mass is 9.86. The zero-order valence-electron chi connectivity index (χ0n) is 11.1. The van der Waals surface area contributed by atoms with Crippen LogP contribution in [0.25, 0.3) is 0 Å². The first-order valence-corrected chi connectivity index (χ1v) is 7.38. The lowest BCUT2D eigenvalue weighted by Crippen LogP contribution is -2.46. The summed E-state index contributed by atoms with van der Waals surface area (Å²) in [7, 11) is 0. The third kappa shape index (κ3) is 3.09. The van der Waals surface area contributed by atoms with Crippen LogP contribution in [-0.2, 0) is 17.8 Å². The van der Waals surface area contributed by atoms with E-state index in [-0.39, 0.29) is 10.9 Å². The average molecular weight is 284 g/mol. The normalized spacial score (nSPS) is 13.9. The number of nitrogens with two attached hydrogens (primary N) is 1. The molecular weight excluding hydrogens is 264 g/mol. The summed E-state index contributed by atoms with van der Waals surface area (Å²) < 4.78 is 0. The van der Waals surface area contributed by atoms with Crippen LogP contribution in [0.15, 0.2) is 11.4 Å². The summed E-state index contributed by atoms with van der Waals surface area (Å²) in [6.07, 6.45) is 1.59. The van der Waals surface area contributed by atoms with Crippen LogP contribution in [0.2, 0.25) is 0 Å². The summed E-state index contributed by atoms with van der Waals surface area (Å²) in [6.45, 7) is 6.37. The highest BCUT2D eigenvalue weighted by Gasteiger charge is 2.34. The number of carbonyl (C=O) groups excluding carboxylic acids is 1. The molecule has 3 nitrogen and oxygen atoms in total. The quantitative estimate of drug-likeness (QED) is 0.790. The molecule has 0 aromatic carbocycles. The summed E-state index contributed by atoms with van der Waals surface area (Å²) in [6, 6.07) is 2.10. The van der Waals surface area contributed by atoms with Gasteiger partial charge in [-0.05, 0) is 36.8 Å². The Labute approximate surface area is 118 Å². The number of nitrogens with one attached hydrogen (secondary N) is 1. The molecule has 0 aliphatic heterocycles. The maximum Gasteiger partial charge on any atom is 0.233 e. The van der Waals surface area contributed by atoms with Crippen LogP contribution in [0.4, 0.5) is 0 Å². The first-order valence-electron chi connectivity index (χ1n) is 6.09. The molecule has 1 amide bonds. The molecule has 0 saturated heterocycles. The molecule has 1 aromatic heterocycles. The van der Waals surface area contributed by atoms with Gasteiger partial charge >= 0.3 is 0 Å². The number of amides is 1. The molecule has 0 aliphatic carbocycles. The third-order valence-corrected chi connectivity index (χ3v) is 4.79. The molecule has 0 fully saturated rings. The molecule has 0 saturated carbocycles. The summed E-state index contributed by atoms with van der Waals surface area (Å²) in [5.41, 5.74) is 6.20. The molecule has 3 N–H and O–H groups in total. The van der Waals surface area contributed by atoms with Crippen LogP contribution in [-0.4, -0.2) is 10.9 Å². The Morgan fingerprint density at radius 1 is 1.56 bits per heavy atom. The molecule has 5 heteroatoms. The zero-order chi connectivity index (χ0) is 13.8. The van der Waals surface area contributed by atoms with E-state index in [1.54, 1.807) is 18.3 Å². The summed E-state index contributed by atoms with van der Waals surface area (Å²) >= 11 is 6.65. The van der Waals surface area contributed by atoms with Gasteiger partial charge in [0, 0.05) is 4.88 Å². The number of thiophene rings is 1. The van der Waals surface area contributed by atoms with Crippen LogP contribution in [0.1, 0.15) is 37.6 Å². The van der Waals surface area contributed by atoms with Crippen molar-refractivity contribution < 1.29 is 4.79 Å². The van der Waals surface area contributed by atoms with E-state index in [0.717, 1.165) is 6.42 Å². The predicted octanol–water partition coefficient (Wildman–Crippen LogP) is 2.63. The smallest absolute Gasteiger partial charge is 0.233 e. The maximum absolute atomic E-state index is 12.2. The fraction of sp³-hybridized carbons (Fsp3) is 0.538. The van der Waals surface area contributed by atoms with E-state index in [1.165, 1.54) is 10.4 Å². The van der Waals surface area contributed by atoms with Crippen LogP contribution in [0.3, 0.4) is 0 Å². The highest BCUT2D eigenvalue weighted by molar-refractivity contribution is 7.80. The van der Waals surface area contributed by atoms with Gasteiger partial charge in [0.15, 0.2) is 0 Å².